The van der Waals surface area contributed by atoms with Crippen molar-refractivity contribution in [3.8, 4) is 0 Å². The molecule has 4 rings (SSSR count). The number of nitrogen functional groups attached to an aromatic ring is 1. The normalized spacial score (nSPS) is 20.9. The van der Waals surface area contributed by atoms with Crippen LogP contribution in [0.4, 0.5) is 5.69 Å². The summed E-state index contributed by atoms with van der Waals surface area (Å²) in [4.78, 5) is 29.2. The number of anilines is 1. The van der Waals surface area contributed by atoms with E-state index in [0.29, 0.717) is 24.4 Å². The van der Waals surface area contributed by atoms with Crippen molar-refractivity contribution in [3.05, 3.63) is 65.2 Å². The molecule has 2 aliphatic heterocycles. The van der Waals surface area contributed by atoms with Gasteiger partial charge in [0.05, 0.1) is 0 Å². The third-order valence-electron chi connectivity index (χ3n) is 8.11. The molecule has 0 aliphatic carbocycles. The number of likely N-dealkylation sites (tertiary alicyclic amines) is 2. The molecule has 1 amide bonds. The van der Waals surface area contributed by atoms with E-state index in [1.165, 1.54) is 11.1 Å². The first-order chi connectivity index (χ1) is 16.2. The van der Waals surface area contributed by atoms with Crippen LogP contribution in [0.25, 0.3) is 0 Å². The predicted molar refractivity (Wildman–Crippen MR) is 138 cm³/mol. The summed E-state index contributed by atoms with van der Waals surface area (Å²) in [6.45, 7) is 11.1. The van der Waals surface area contributed by atoms with Gasteiger partial charge in [-0.25, -0.2) is 0 Å². The fraction of sp³-hybridized carbons (Fsp3) is 0.517. The summed E-state index contributed by atoms with van der Waals surface area (Å²) in [6, 6.07) is 17.1. The number of hydrogen-bond donors (Lipinski definition) is 1. The average Bonchev–Trinajstić information content (AvgIpc) is 2.82. The molecule has 2 saturated heterocycles. The second kappa shape index (κ2) is 9.91. The van der Waals surface area contributed by atoms with Crippen LogP contribution >= 0.6 is 0 Å². The number of benzene rings is 2. The molecule has 0 saturated carbocycles. The molecule has 34 heavy (non-hydrogen) atoms. The summed E-state index contributed by atoms with van der Waals surface area (Å²) in [5.74, 6) is 0.646. The molecule has 5 heteroatoms. The Morgan fingerprint density at radius 2 is 1.62 bits per heavy atom. The van der Waals surface area contributed by atoms with Crippen LogP contribution in [0.15, 0.2) is 48.5 Å². The van der Waals surface area contributed by atoms with Crippen molar-refractivity contribution >= 4 is 17.4 Å². The van der Waals surface area contributed by atoms with Gasteiger partial charge in [-0.05, 0) is 69.2 Å². The Morgan fingerprint density at radius 3 is 2.18 bits per heavy atom. The van der Waals surface area contributed by atoms with Gasteiger partial charge in [0.25, 0.3) is 0 Å². The van der Waals surface area contributed by atoms with Gasteiger partial charge in [-0.1, -0.05) is 43.3 Å². The van der Waals surface area contributed by atoms with Crippen molar-refractivity contribution in [2.75, 3.05) is 25.4 Å². The highest BCUT2D eigenvalue weighted by molar-refractivity contribution is 5.94. The minimum absolute atomic E-state index is 0.0823. The molecule has 0 radical (unpaired) electrons. The van der Waals surface area contributed by atoms with E-state index in [-0.39, 0.29) is 17.1 Å². The number of carbonyl (C=O) groups excluding carboxylic acids is 2. The summed E-state index contributed by atoms with van der Waals surface area (Å²) >= 11 is 0. The highest BCUT2D eigenvalue weighted by Gasteiger charge is 2.54. The van der Waals surface area contributed by atoms with Crippen molar-refractivity contribution in [3.63, 3.8) is 0 Å². The highest BCUT2D eigenvalue weighted by Crippen LogP contribution is 2.55. The van der Waals surface area contributed by atoms with E-state index < -0.39 is 0 Å². The lowest BCUT2D eigenvalue weighted by Gasteiger charge is -2.62. The van der Waals surface area contributed by atoms with Gasteiger partial charge in [0.15, 0.2) is 5.78 Å². The Labute approximate surface area is 204 Å². The van der Waals surface area contributed by atoms with Gasteiger partial charge >= 0.3 is 0 Å². The number of piperidine rings is 1. The zero-order valence-corrected chi connectivity index (χ0v) is 21.1. The van der Waals surface area contributed by atoms with Crippen molar-refractivity contribution in [1.82, 2.24) is 9.80 Å². The molecule has 2 N–H and O–H groups in total. The van der Waals surface area contributed by atoms with Crippen molar-refractivity contribution < 1.29 is 9.59 Å². The number of hydrogen-bond acceptors (Lipinski definition) is 4. The SMILES string of the molecule is CC(=O)c1ccc(C(C)CCC(=O)N2CCC3(CC2)CN(C(C)C)C3c2ccc(N)cc2)cc1. The molecular weight excluding hydrogens is 422 g/mol. The molecule has 2 fully saturated rings. The van der Waals surface area contributed by atoms with E-state index >= 15 is 0 Å². The molecule has 2 unspecified atom stereocenters. The van der Waals surface area contributed by atoms with Crippen LogP contribution in [-0.2, 0) is 4.79 Å². The molecule has 2 aliphatic rings. The molecule has 1 spiro atoms. The predicted octanol–water partition coefficient (Wildman–Crippen LogP) is 5.43. The van der Waals surface area contributed by atoms with E-state index in [4.69, 9.17) is 5.73 Å². The number of rotatable bonds is 7. The average molecular weight is 462 g/mol. The lowest BCUT2D eigenvalue weighted by molar-refractivity contribution is -0.147. The molecular formula is C29H39N3O2. The number of ketones is 1. The lowest BCUT2D eigenvalue weighted by atomic mass is 9.62. The third kappa shape index (κ3) is 4.90. The number of amides is 1. The van der Waals surface area contributed by atoms with Crippen molar-refractivity contribution in [2.45, 2.75) is 71.4 Å². The minimum Gasteiger partial charge on any atom is -0.399 e. The van der Waals surface area contributed by atoms with Crippen LogP contribution in [0.1, 0.15) is 86.8 Å². The Bertz CT molecular complexity index is 1000. The smallest absolute Gasteiger partial charge is 0.222 e. The Hall–Kier alpha value is -2.66. The first-order valence-electron chi connectivity index (χ1n) is 12.7. The first-order valence-corrected chi connectivity index (χ1v) is 12.7. The number of carbonyl (C=O) groups is 2. The summed E-state index contributed by atoms with van der Waals surface area (Å²) < 4.78 is 0. The van der Waals surface area contributed by atoms with E-state index in [2.05, 4.69) is 42.7 Å². The second-order valence-corrected chi connectivity index (χ2v) is 10.7. The molecule has 0 bridgehead atoms. The standard InChI is InChI=1S/C29H39N3O2/c1-20(2)32-19-29(28(32)25-10-12-26(30)13-11-25)15-17-31(18-16-29)27(34)14-5-21(3)23-6-8-24(9-7-23)22(4)33/h6-13,20-21,28H,5,14-19,30H2,1-4H3. The molecule has 182 valence electrons. The van der Waals surface area contributed by atoms with Crippen LogP contribution in [-0.4, -0.2) is 47.2 Å². The summed E-state index contributed by atoms with van der Waals surface area (Å²) in [5, 5.41) is 0. The molecule has 2 aromatic carbocycles. The summed E-state index contributed by atoms with van der Waals surface area (Å²) in [5.41, 5.74) is 10.3. The topological polar surface area (TPSA) is 66.6 Å². The van der Waals surface area contributed by atoms with Gasteiger partial charge in [0.2, 0.25) is 5.91 Å². The fourth-order valence-electron chi connectivity index (χ4n) is 5.83. The van der Waals surface area contributed by atoms with Crippen LogP contribution in [0, 0.1) is 5.41 Å². The Morgan fingerprint density at radius 1 is 1.00 bits per heavy atom. The number of Topliss-reactive ketones (excluding diaryl/α,β-unsaturated/α-hetero) is 1. The van der Waals surface area contributed by atoms with E-state index in [9.17, 15) is 9.59 Å². The molecule has 2 atom stereocenters. The van der Waals surface area contributed by atoms with Gasteiger partial charge in [0.1, 0.15) is 0 Å². The lowest BCUT2D eigenvalue weighted by Crippen LogP contribution is -2.64. The Balaban J connectivity index is 1.33. The minimum atomic E-state index is 0.0823. The van der Waals surface area contributed by atoms with Gasteiger partial charge < -0.3 is 10.6 Å². The maximum atomic E-state index is 13.0. The quantitative estimate of drug-likeness (QED) is 0.441. The molecule has 5 nitrogen and oxygen atoms in total. The van der Waals surface area contributed by atoms with Crippen molar-refractivity contribution in [2.24, 2.45) is 5.41 Å². The van der Waals surface area contributed by atoms with Gasteiger partial charge in [0, 0.05) is 54.8 Å². The summed E-state index contributed by atoms with van der Waals surface area (Å²) in [6.07, 6.45) is 3.51. The third-order valence-corrected chi connectivity index (χ3v) is 8.11. The van der Waals surface area contributed by atoms with Crippen LogP contribution in [0.3, 0.4) is 0 Å². The summed E-state index contributed by atoms with van der Waals surface area (Å²) in [7, 11) is 0. The van der Waals surface area contributed by atoms with Gasteiger partial charge in [-0.2, -0.15) is 0 Å². The van der Waals surface area contributed by atoms with Crippen LogP contribution in [0.2, 0.25) is 0 Å². The maximum Gasteiger partial charge on any atom is 0.222 e. The Kier molecular flexibility index (Phi) is 7.13. The van der Waals surface area contributed by atoms with Crippen LogP contribution in [0.5, 0.6) is 0 Å². The zero-order valence-electron chi connectivity index (χ0n) is 21.1. The first kappa shape index (κ1) is 24.5. The number of nitrogens with zero attached hydrogens (tertiary/aromatic N) is 2. The van der Waals surface area contributed by atoms with E-state index in [1.807, 2.05) is 36.4 Å². The molecule has 2 aromatic rings. The monoisotopic (exact) mass is 461 g/mol. The zero-order chi connectivity index (χ0) is 24.5. The van der Waals surface area contributed by atoms with E-state index in [1.54, 1.807) is 6.92 Å². The molecule has 2 heterocycles. The van der Waals surface area contributed by atoms with Crippen LogP contribution < -0.4 is 5.73 Å². The van der Waals surface area contributed by atoms with Gasteiger partial charge in [-0.15, -0.1) is 0 Å². The van der Waals surface area contributed by atoms with E-state index in [0.717, 1.165) is 50.1 Å². The molecule has 0 aromatic heterocycles. The fourth-order valence-corrected chi connectivity index (χ4v) is 5.83. The second-order valence-electron chi connectivity index (χ2n) is 10.7. The number of nitrogens with two attached hydrogens (primary N) is 1. The largest absolute Gasteiger partial charge is 0.399 e. The maximum absolute atomic E-state index is 13.0. The van der Waals surface area contributed by atoms with Gasteiger partial charge in [-0.3, -0.25) is 14.5 Å². The highest BCUT2D eigenvalue weighted by atomic mass is 16.2. The van der Waals surface area contributed by atoms with Crippen molar-refractivity contribution in [1.29, 1.82) is 0 Å².